The number of aliphatic hydroxyl groups excluding tert-OH is 1. The zero-order chi connectivity index (χ0) is 22.4. The van der Waals surface area contributed by atoms with Crippen LogP contribution in [0.2, 0.25) is 0 Å². The maximum atomic E-state index is 12.5. The molecule has 10 heteroatoms. The molecule has 2 heterocycles. The number of benzene rings is 1. The SMILES string of the molecule is CC(O)[C@@H](Nc1ccc(C(=O)NCc2ccc(Oc3ccccc3)s2)c(N)n1)C(=O)O. The molecule has 1 aromatic carbocycles. The van der Waals surface area contributed by atoms with Gasteiger partial charge >= 0.3 is 5.97 Å². The number of thiophene rings is 1. The molecule has 1 amide bonds. The molecule has 2 atom stereocenters. The lowest BCUT2D eigenvalue weighted by Crippen LogP contribution is -2.39. The van der Waals surface area contributed by atoms with E-state index in [0.29, 0.717) is 5.06 Å². The fraction of sp³-hybridized carbons (Fsp3) is 0.190. The molecular weight excluding hydrogens is 420 g/mol. The maximum absolute atomic E-state index is 12.5. The molecule has 0 saturated carbocycles. The minimum atomic E-state index is -1.25. The van der Waals surface area contributed by atoms with Crippen LogP contribution in [0, 0.1) is 0 Å². The minimum Gasteiger partial charge on any atom is -0.480 e. The summed E-state index contributed by atoms with van der Waals surface area (Å²) < 4.78 is 5.76. The summed E-state index contributed by atoms with van der Waals surface area (Å²) in [5.74, 6) is -0.836. The number of amides is 1. The predicted molar refractivity (Wildman–Crippen MR) is 117 cm³/mol. The number of aliphatic carboxylic acids is 1. The second kappa shape index (κ2) is 9.92. The van der Waals surface area contributed by atoms with Crippen molar-refractivity contribution in [3.8, 4) is 10.8 Å². The van der Waals surface area contributed by atoms with E-state index in [0.717, 1.165) is 10.6 Å². The van der Waals surface area contributed by atoms with Crippen molar-refractivity contribution in [2.75, 3.05) is 11.1 Å². The lowest BCUT2D eigenvalue weighted by Gasteiger charge is -2.18. The van der Waals surface area contributed by atoms with Crippen molar-refractivity contribution in [2.45, 2.75) is 25.6 Å². The molecule has 0 aliphatic rings. The van der Waals surface area contributed by atoms with Crippen LogP contribution in [-0.4, -0.2) is 39.2 Å². The number of carboxylic acid groups (broad SMARTS) is 1. The highest BCUT2D eigenvalue weighted by molar-refractivity contribution is 7.13. The first kappa shape index (κ1) is 22.1. The van der Waals surface area contributed by atoms with Crippen molar-refractivity contribution in [1.82, 2.24) is 10.3 Å². The Labute approximate surface area is 182 Å². The van der Waals surface area contributed by atoms with Gasteiger partial charge in [0.05, 0.1) is 18.2 Å². The number of aromatic nitrogens is 1. The predicted octanol–water partition coefficient (Wildman–Crippen LogP) is 2.69. The first-order valence-electron chi connectivity index (χ1n) is 9.37. The molecule has 31 heavy (non-hydrogen) atoms. The zero-order valence-electron chi connectivity index (χ0n) is 16.6. The summed E-state index contributed by atoms with van der Waals surface area (Å²) in [6.07, 6.45) is -1.15. The second-order valence-corrected chi connectivity index (χ2v) is 7.78. The lowest BCUT2D eigenvalue weighted by molar-refractivity contribution is -0.140. The molecule has 9 nitrogen and oxygen atoms in total. The van der Waals surface area contributed by atoms with E-state index in [4.69, 9.17) is 15.6 Å². The molecule has 3 aromatic rings. The van der Waals surface area contributed by atoms with Crippen LogP contribution in [0.25, 0.3) is 0 Å². The number of pyridine rings is 1. The molecule has 2 aromatic heterocycles. The Morgan fingerprint density at radius 3 is 2.55 bits per heavy atom. The van der Waals surface area contributed by atoms with Gasteiger partial charge in [-0.25, -0.2) is 9.78 Å². The fourth-order valence-corrected chi connectivity index (χ4v) is 3.48. The zero-order valence-corrected chi connectivity index (χ0v) is 17.4. The van der Waals surface area contributed by atoms with Crippen molar-refractivity contribution in [3.05, 3.63) is 65.0 Å². The molecule has 0 fully saturated rings. The van der Waals surface area contributed by atoms with Gasteiger partial charge < -0.3 is 31.3 Å². The van der Waals surface area contributed by atoms with Crippen LogP contribution in [0.3, 0.4) is 0 Å². The molecule has 162 valence electrons. The minimum absolute atomic E-state index is 0.0588. The number of anilines is 2. The average molecular weight is 442 g/mol. The van der Waals surface area contributed by atoms with Crippen LogP contribution in [0.1, 0.15) is 22.2 Å². The van der Waals surface area contributed by atoms with Gasteiger partial charge in [-0.05, 0) is 43.3 Å². The van der Waals surface area contributed by atoms with E-state index in [-0.39, 0.29) is 23.7 Å². The largest absolute Gasteiger partial charge is 0.480 e. The van der Waals surface area contributed by atoms with Crippen LogP contribution in [0.15, 0.2) is 54.6 Å². The molecule has 0 bridgehead atoms. The molecule has 0 spiro atoms. The van der Waals surface area contributed by atoms with Crippen molar-refractivity contribution in [1.29, 1.82) is 0 Å². The summed E-state index contributed by atoms with van der Waals surface area (Å²) in [6.45, 7) is 1.63. The van der Waals surface area contributed by atoms with Crippen molar-refractivity contribution in [2.24, 2.45) is 0 Å². The number of carboxylic acids is 1. The van der Waals surface area contributed by atoms with Crippen molar-refractivity contribution in [3.63, 3.8) is 0 Å². The standard InChI is InChI=1S/C21H22N4O5S/c1-12(26)18(21(28)29)24-16-9-8-15(19(22)25-16)20(27)23-11-14-7-10-17(31-14)30-13-5-3-2-4-6-13/h2-10,12,18,26H,11H2,1H3,(H,23,27)(H,28,29)(H3,22,24,25)/t12?,18-/m1/s1. The number of hydrogen-bond donors (Lipinski definition) is 5. The third kappa shape index (κ3) is 5.93. The molecule has 0 aliphatic carbocycles. The number of nitrogens with one attached hydrogen (secondary N) is 2. The fourth-order valence-electron chi connectivity index (χ4n) is 2.67. The lowest BCUT2D eigenvalue weighted by atomic mass is 10.2. The average Bonchev–Trinajstić information content (AvgIpc) is 3.18. The highest BCUT2D eigenvalue weighted by Gasteiger charge is 2.23. The molecule has 0 saturated heterocycles. The Bertz CT molecular complexity index is 1050. The quantitative estimate of drug-likeness (QED) is 0.340. The van der Waals surface area contributed by atoms with Gasteiger partial charge in [0.15, 0.2) is 11.1 Å². The highest BCUT2D eigenvalue weighted by Crippen LogP contribution is 2.29. The number of nitrogens with zero attached hydrogens (tertiary/aromatic N) is 1. The van der Waals surface area contributed by atoms with Gasteiger partial charge in [0, 0.05) is 4.88 Å². The van der Waals surface area contributed by atoms with Crippen molar-refractivity contribution < 1.29 is 24.5 Å². The number of carbonyl (C=O) groups is 2. The first-order chi connectivity index (χ1) is 14.8. The van der Waals surface area contributed by atoms with E-state index in [1.54, 1.807) is 0 Å². The molecule has 1 unspecified atom stereocenters. The molecular formula is C21H22N4O5S. The summed E-state index contributed by atoms with van der Waals surface area (Å²) in [7, 11) is 0. The van der Waals surface area contributed by atoms with Gasteiger partial charge in [0.1, 0.15) is 17.4 Å². The molecule has 3 rings (SSSR count). The summed E-state index contributed by atoms with van der Waals surface area (Å²) >= 11 is 1.41. The summed E-state index contributed by atoms with van der Waals surface area (Å²) in [5.41, 5.74) is 6.03. The van der Waals surface area contributed by atoms with Crippen molar-refractivity contribution >= 4 is 34.8 Å². The monoisotopic (exact) mass is 442 g/mol. The Balaban J connectivity index is 1.59. The van der Waals surface area contributed by atoms with Gasteiger partial charge in [0.2, 0.25) is 0 Å². The third-order valence-corrected chi connectivity index (χ3v) is 5.21. The van der Waals surface area contributed by atoms with Gasteiger partial charge in [-0.3, -0.25) is 4.79 Å². The summed E-state index contributed by atoms with van der Waals surface area (Å²) in [6, 6.07) is 14.7. The molecule has 0 radical (unpaired) electrons. The Kier molecular flexibility index (Phi) is 7.06. The summed E-state index contributed by atoms with van der Waals surface area (Å²) in [5, 5.41) is 24.7. The van der Waals surface area contributed by atoms with Crippen LogP contribution >= 0.6 is 11.3 Å². The maximum Gasteiger partial charge on any atom is 0.328 e. The number of aliphatic hydroxyl groups is 1. The van der Waals surface area contributed by atoms with Crippen LogP contribution < -0.4 is 21.1 Å². The third-order valence-electron chi connectivity index (χ3n) is 4.24. The van der Waals surface area contributed by atoms with E-state index in [2.05, 4.69) is 15.6 Å². The normalized spacial score (nSPS) is 12.6. The molecule has 6 N–H and O–H groups in total. The van der Waals surface area contributed by atoms with Crippen LogP contribution in [0.4, 0.5) is 11.6 Å². The topological polar surface area (TPSA) is 147 Å². The van der Waals surface area contributed by atoms with Crippen LogP contribution in [0.5, 0.6) is 10.8 Å². The van der Waals surface area contributed by atoms with E-state index in [1.165, 1.54) is 30.4 Å². The second-order valence-electron chi connectivity index (χ2n) is 6.65. The van der Waals surface area contributed by atoms with E-state index < -0.39 is 24.0 Å². The van der Waals surface area contributed by atoms with E-state index in [1.807, 2.05) is 42.5 Å². The van der Waals surface area contributed by atoms with Gasteiger partial charge in [-0.1, -0.05) is 18.2 Å². The Morgan fingerprint density at radius 1 is 1.16 bits per heavy atom. The van der Waals surface area contributed by atoms with E-state index >= 15 is 0 Å². The molecule has 0 aliphatic heterocycles. The number of nitrogens with two attached hydrogens (primary N) is 1. The number of hydrogen-bond acceptors (Lipinski definition) is 8. The Hall–Kier alpha value is -3.63. The Morgan fingerprint density at radius 2 is 1.90 bits per heavy atom. The number of carbonyl (C=O) groups excluding carboxylic acids is 1. The first-order valence-corrected chi connectivity index (χ1v) is 10.2. The highest BCUT2D eigenvalue weighted by atomic mass is 32.1. The number of ether oxygens (including phenoxy) is 1. The summed E-state index contributed by atoms with van der Waals surface area (Å²) in [4.78, 5) is 28.6. The van der Waals surface area contributed by atoms with Gasteiger partial charge in [0.25, 0.3) is 5.91 Å². The van der Waals surface area contributed by atoms with Gasteiger partial charge in [-0.15, -0.1) is 11.3 Å². The van der Waals surface area contributed by atoms with E-state index in [9.17, 15) is 14.7 Å². The van der Waals surface area contributed by atoms with Crippen LogP contribution in [-0.2, 0) is 11.3 Å². The van der Waals surface area contributed by atoms with Gasteiger partial charge in [-0.2, -0.15) is 0 Å². The number of nitrogen functional groups attached to an aromatic ring is 1. The smallest absolute Gasteiger partial charge is 0.328 e. The number of para-hydroxylation sites is 1. The number of rotatable bonds is 9.